The first-order valence-electron chi connectivity index (χ1n) is 7.90. The standard InChI is InChI=1S/C18H24N2O5/c1-10-14(16(21)25-18(2,3)4)15(20-17(22)19-10)12-9-11(23-5)7-8-13(12)24-6/h7-9,15H,1-6H3,(H2,19,20,22)/t15-/m1/s1. The Bertz CT molecular complexity index is 719. The van der Waals surface area contributed by atoms with Crippen molar-refractivity contribution in [2.75, 3.05) is 14.2 Å². The lowest BCUT2D eigenvalue weighted by Crippen LogP contribution is -2.46. The number of allylic oxidation sites excluding steroid dienone is 1. The molecule has 1 atom stereocenters. The average Bonchev–Trinajstić information content (AvgIpc) is 2.51. The van der Waals surface area contributed by atoms with Gasteiger partial charge in [-0.15, -0.1) is 0 Å². The first kappa shape index (κ1) is 18.6. The summed E-state index contributed by atoms with van der Waals surface area (Å²) in [5.41, 5.74) is 0.709. The molecule has 2 N–H and O–H groups in total. The molecule has 0 bridgehead atoms. The quantitative estimate of drug-likeness (QED) is 0.817. The summed E-state index contributed by atoms with van der Waals surface area (Å²) in [4.78, 5) is 24.7. The minimum atomic E-state index is -0.714. The summed E-state index contributed by atoms with van der Waals surface area (Å²) in [6, 6.07) is 4.08. The van der Waals surface area contributed by atoms with Crippen molar-refractivity contribution < 1.29 is 23.8 Å². The first-order chi connectivity index (χ1) is 11.7. The lowest BCUT2D eigenvalue weighted by Gasteiger charge is -2.31. The van der Waals surface area contributed by atoms with Crippen molar-refractivity contribution in [1.82, 2.24) is 10.6 Å². The van der Waals surface area contributed by atoms with Gasteiger partial charge in [-0.2, -0.15) is 0 Å². The summed E-state index contributed by atoms with van der Waals surface area (Å²) in [5.74, 6) is 0.610. The van der Waals surface area contributed by atoms with E-state index in [1.54, 1.807) is 53.0 Å². The van der Waals surface area contributed by atoms with Gasteiger partial charge in [-0.1, -0.05) is 0 Å². The zero-order valence-electron chi connectivity index (χ0n) is 15.4. The van der Waals surface area contributed by atoms with Gasteiger partial charge in [0.05, 0.1) is 25.8 Å². The van der Waals surface area contributed by atoms with Gasteiger partial charge in [0.15, 0.2) is 0 Å². The Labute approximate surface area is 147 Å². The second-order valence-corrected chi connectivity index (χ2v) is 6.68. The molecule has 0 saturated carbocycles. The van der Waals surface area contributed by atoms with Crippen LogP contribution in [-0.4, -0.2) is 31.8 Å². The highest BCUT2D eigenvalue weighted by Gasteiger charge is 2.35. The lowest BCUT2D eigenvalue weighted by atomic mass is 9.94. The lowest BCUT2D eigenvalue weighted by molar-refractivity contribution is -0.150. The molecule has 0 fully saturated rings. The molecule has 2 rings (SSSR count). The predicted octanol–water partition coefficient (Wildman–Crippen LogP) is 2.67. The number of esters is 1. The van der Waals surface area contributed by atoms with E-state index in [4.69, 9.17) is 14.2 Å². The van der Waals surface area contributed by atoms with Crippen LogP contribution in [0.15, 0.2) is 29.5 Å². The van der Waals surface area contributed by atoms with Crippen LogP contribution in [-0.2, 0) is 9.53 Å². The van der Waals surface area contributed by atoms with E-state index in [1.807, 2.05) is 0 Å². The van der Waals surface area contributed by atoms with E-state index in [0.717, 1.165) is 0 Å². The molecule has 2 amide bonds. The van der Waals surface area contributed by atoms with E-state index in [2.05, 4.69) is 10.6 Å². The third kappa shape index (κ3) is 4.23. The van der Waals surface area contributed by atoms with Crippen molar-refractivity contribution in [3.8, 4) is 11.5 Å². The van der Waals surface area contributed by atoms with Gasteiger partial charge in [0.2, 0.25) is 0 Å². The van der Waals surface area contributed by atoms with Gasteiger partial charge in [0.1, 0.15) is 17.1 Å². The molecular weight excluding hydrogens is 324 g/mol. The number of rotatable bonds is 4. The molecule has 1 heterocycles. The van der Waals surface area contributed by atoms with E-state index in [9.17, 15) is 9.59 Å². The topological polar surface area (TPSA) is 85.9 Å². The average molecular weight is 348 g/mol. The molecule has 1 aliphatic heterocycles. The van der Waals surface area contributed by atoms with Crippen molar-refractivity contribution in [2.24, 2.45) is 0 Å². The van der Waals surface area contributed by atoms with Gasteiger partial charge in [0.25, 0.3) is 0 Å². The Morgan fingerprint density at radius 1 is 1.16 bits per heavy atom. The number of hydrogen-bond donors (Lipinski definition) is 2. The van der Waals surface area contributed by atoms with Crippen molar-refractivity contribution >= 4 is 12.0 Å². The van der Waals surface area contributed by atoms with Crippen LogP contribution in [0.4, 0.5) is 4.79 Å². The second kappa shape index (κ2) is 7.04. The fraction of sp³-hybridized carbons (Fsp3) is 0.444. The molecule has 0 aliphatic carbocycles. The number of carbonyl (C=O) groups is 2. The number of urea groups is 1. The van der Waals surface area contributed by atoms with Crippen LogP contribution in [0.5, 0.6) is 11.5 Å². The zero-order valence-corrected chi connectivity index (χ0v) is 15.4. The Balaban J connectivity index is 2.55. The molecule has 1 aliphatic rings. The van der Waals surface area contributed by atoms with Crippen LogP contribution < -0.4 is 20.1 Å². The predicted molar refractivity (Wildman–Crippen MR) is 92.5 cm³/mol. The highest BCUT2D eigenvalue weighted by molar-refractivity contribution is 5.95. The van der Waals surface area contributed by atoms with E-state index >= 15 is 0 Å². The number of ether oxygens (including phenoxy) is 3. The molecule has 25 heavy (non-hydrogen) atoms. The van der Waals surface area contributed by atoms with Crippen LogP contribution >= 0.6 is 0 Å². The minimum Gasteiger partial charge on any atom is -0.497 e. The SMILES string of the molecule is COc1ccc(OC)c([C@H]2NC(=O)NC(C)=C2C(=O)OC(C)(C)C)c1. The molecule has 0 aromatic heterocycles. The van der Waals surface area contributed by atoms with Crippen LogP contribution in [0.25, 0.3) is 0 Å². The van der Waals surface area contributed by atoms with Crippen LogP contribution in [0, 0.1) is 0 Å². The molecule has 1 aromatic rings. The molecular formula is C18H24N2O5. The number of amides is 2. The zero-order chi connectivity index (χ0) is 18.8. The van der Waals surface area contributed by atoms with Crippen molar-refractivity contribution in [1.29, 1.82) is 0 Å². The van der Waals surface area contributed by atoms with Crippen molar-refractivity contribution in [3.63, 3.8) is 0 Å². The maximum atomic E-state index is 12.7. The number of benzene rings is 1. The van der Waals surface area contributed by atoms with Crippen molar-refractivity contribution in [2.45, 2.75) is 39.3 Å². The monoisotopic (exact) mass is 348 g/mol. The first-order valence-corrected chi connectivity index (χ1v) is 7.90. The molecule has 1 aromatic carbocycles. The van der Waals surface area contributed by atoms with Crippen LogP contribution in [0.1, 0.15) is 39.3 Å². The molecule has 0 unspecified atom stereocenters. The van der Waals surface area contributed by atoms with Gasteiger partial charge >= 0.3 is 12.0 Å². The molecule has 0 radical (unpaired) electrons. The van der Waals surface area contributed by atoms with E-state index in [0.29, 0.717) is 28.3 Å². The van der Waals surface area contributed by atoms with Gasteiger partial charge in [-0.05, 0) is 45.9 Å². The summed E-state index contributed by atoms with van der Waals surface area (Å²) < 4.78 is 16.2. The maximum absolute atomic E-state index is 12.7. The Morgan fingerprint density at radius 2 is 1.84 bits per heavy atom. The van der Waals surface area contributed by atoms with Gasteiger partial charge < -0.3 is 24.8 Å². The van der Waals surface area contributed by atoms with Crippen molar-refractivity contribution in [3.05, 3.63) is 35.0 Å². The minimum absolute atomic E-state index is 0.320. The Hall–Kier alpha value is -2.70. The second-order valence-electron chi connectivity index (χ2n) is 6.68. The summed E-state index contributed by atoms with van der Waals surface area (Å²) in [6.07, 6.45) is 0. The molecule has 0 saturated heterocycles. The summed E-state index contributed by atoms with van der Waals surface area (Å²) in [5, 5.41) is 5.38. The van der Waals surface area contributed by atoms with Gasteiger partial charge in [-0.3, -0.25) is 0 Å². The highest BCUT2D eigenvalue weighted by Crippen LogP contribution is 2.36. The molecule has 7 nitrogen and oxygen atoms in total. The van der Waals surface area contributed by atoms with Gasteiger partial charge in [0, 0.05) is 11.3 Å². The van der Waals surface area contributed by atoms with E-state index < -0.39 is 23.6 Å². The van der Waals surface area contributed by atoms with E-state index in [1.165, 1.54) is 7.11 Å². The Morgan fingerprint density at radius 3 is 2.40 bits per heavy atom. The Kier molecular flexibility index (Phi) is 5.25. The number of nitrogens with one attached hydrogen (secondary N) is 2. The van der Waals surface area contributed by atoms with E-state index in [-0.39, 0.29) is 0 Å². The largest absolute Gasteiger partial charge is 0.497 e. The number of methoxy groups -OCH3 is 2. The summed E-state index contributed by atoms with van der Waals surface area (Å²) in [7, 11) is 3.07. The molecule has 0 spiro atoms. The highest BCUT2D eigenvalue weighted by atomic mass is 16.6. The summed E-state index contributed by atoms with van der Waals surface area (Å²) >= 11 is 0. The van der Waals surface area contributed by atoms with Gasteiger partial charge in [-0.25, -0.2) is 9.59 Å². The number of carbonyl (C=O) groups excluding carboxylic acids is 2. The number of hydrogen-bond acceptors (Lipinski definition) is 5. The third-order valence-corrected chi connectivity index (χ3v) is 3.64. The summed E-state index contributed by atoms with van der Waals surface area (Å²) in [6.45, 7) is 7.03. The normalized spacial score (nSPS) is 17.5. The molecule has 136 valence electrons. The van der Waals surface area contributed by atoms with Crippen LogP contribution in [0.3, 0.4) is 0 Å². The molecule has 7 heteroatoms. The maximum Gasteiger partial charge on any atom is 0.338 e. The third-order valence-electron chi connectivity index (χ3n) is 3.64. The fourth-order valence-corrected chi connectivity index (χ4v) is 2.60. The fourth-order valence-electron chi connectivity index (χ4n) is 2.60. The smallest absolute Gasteiger partial charge is 0.338 e. The van der Waals surface area contributed by atoms with Crippen LogP contribution in [0.2, 0.25) is 0 Å².